The molecule has 0 atom stereocenters. The monoisotopic (exact) mass is 316 g/mol. The highest BCUT2D eigenvalue weighted by molar-refractivity contribution is 7.12. The highest BCUT2D eigenvalue weighted by atomic mass is 32.1. The summed E-state index contributed by atoms with van der Waals surface area (Å²) in [6.45, 7) is -0.268. The van der Waals surface area contributed by atoms with Crippen molar-refractivity contribution in [2.45, 2.75) is 6.42 Å². The molecule has 0 bridgehead atoms. The second-order valence-corrected chi connectivity index (χ2v) is 5.63. The maximum Gasteiger partial charge on any atom is 0.310 e. The van der Waals surface area contributed by atoms with Crippen LogP contribution in [-0.2, 0) is 16.0 Å². The number of carbonyl (C=O) groups is 2. The molecule has 112 valence electrons. The number of furan rings is 1. The van der Waals surface area contributed by atoms with Crippen LogP contribution in [0.3, 0.4) is 0 Å². The van der Waals surface area contributed by atoms with Gasteiger partial charge in [0.25, 0.3) is 0 Å². The number of ketones is 1. The van der Waals surface area contributed by atoms with E-state index in [1.807, 2.05) is 0 Å². The number of fused-ring (bicyclic) bond motifs is 1. The predicted octanol–water partition coefficient (Wildman–Crippen LogP) is 3.17. The number of carbonyl (C=O) groups excluding carboxylic acids is 2. The normalized spacial score (nSPS) is 10.7. The van der Waals surface area contributed by atoms with Gasteiger partial charge < -0.3 is 14.3 Å². The summed E-state index contributed by atoms with van der Waals surface area (Å²) in [5.74, 6) is -0.622. The summed E-state index contributed by atoms with van der Waals surface area (Å²) in [5.41, 5.74) is 1.15. The molecule has 0 fully saturated rings. The fourth-order valence-corrected chi connectivity index (χ4v) is 2.72. The summed E-state index contributed by atoms with van der Waals surface area (Å²) in [7, 11) is 0. The van der Waals surface area contributed by atoms with Crippen molar-refractivity contribution in [2.24, 2.45) is 0 Å². The van der Waals surface area contributed by atoms with Crippen molar-refractivity contribution in [3.8, 4) is 5.75 Å². The molecule has 0 aliphatic rings. The van der Waals surface area contributed by atoms with E-state index < -0.39 is 5.97 Å². The molecular formula is C16H12O5S. The van der Waals surface area contributed by atoms with E-state index >= 15 is 0 Å². The third-order valence-electron chi connectivity index (χ3n) is 3.13. The van der Waals surface area contributed by atoms with Gasteiger partial charge in [0.15, 0.2) is 6.61 Å². The Morgan fingerprint density at radius 1 is 1.27 bits per heavy atom. The van der Waals surface area contributed by atoms with Gasteiger partial charge in [-0.1, -0.05) is 6.07 Å². The summed E-state index contributed by atoms with van der Waals surface area (Å²) < 4.78 is 10.3. The van der Waals surface area contributed by atoms with Crippen molar-refractivity contribution in [3.05, 3.63) is 52.4 Å². The molecule has 1 N–H and O–H groups in total. The maximum atomic E-state index is 11.8. The molecular weight excluding hydrogens is 304 g/mol. The Bertz CT molecular complexity index is 816. The highest BCUT2D eigenvalue weighted by Gasteiger charge is 2.14. The molecule has 0 aliphatic carbocycles. The van der Waals surface area contributed by atoms with Gasteiger partial charge in [0.05, 0.1) is 17.6 Å². The number of Topliss-reactive ketones (excluding diaryl/α,β-unsaturated/α-hetero) is 1. The first kappa shape index (κ1) is 14.3. The van der Waals surface area contributed by atoms with Crippen LogP contribution in [0, 0.1) is 0 Å². The number of esters is 1. The lowest BCUT2D eigenvalue weighted by atomic mass is 10.1. The predicted molar refractivity (Wildman–Crippen MR) is 81.2 cm³/mol. The largest absolute Gasteiger partial charge is 0.508 e. The summed E-state index contributed by atoms with van der Waals surface area (Å²) in [6.07, 6.45) is 1.46. The number of hydrogen-bond donors (Lipinski definition) is 1. The van der Waals surface area contributed by atoms with Gasteiger partial charge in [-0.25, -0.2) is 0 Å². The minimum Gasteiger partial charge on any atom is -0.508 e. The van der Waals surface area contributed by atoms with E-state index in [0.717, 1.165) is 5.39 Å². The zero-order valence-corrected chi connectivity index (χ0v) is 12.3. The maximum absolute atomic E-state index is 11.8. The molecule has 0 spiro atoms. The SMILES string of the molecule is O=C(Cc1coc2cc(O)ccc12)OCC(=O)c1cccs1. The number of rotatable bonds is 5. The molecule has 3 rings (SSSR count). The van der Waals surface area contributed by atoms with Gasteiger partial charge in [0.2, 0.25) is 5.78 Å². The smallest absolute Gasteiger partial charge is 0.310 e. The van der Waals surface area contributed by atoms with Crippen LogP contribution < -0.4 is 0 Å². The average molecular weight is 316 g/mol. The lowest BCUT2D eigenvalue weighted by Gasteiger charge is -2.02. The van der Waals surface area contributed by atoms with Crippen molar-refractivity contribution < 1.29 is 23.8 Å². The number of ether oxygens (including phenoxy) is 1. The lowest BCUT2D eigenvalue weighted by molar-refractivity contribution is -0.141. The molecule has 2 aromatic heterocycles. The van der Waals surface area contributed by atoms with Gasteiger partial charge in [-0.05, 0) is 23.6 Å². The minimum absolute atomic E-state index is 0.00942. The second kappa shape index (κ2) is 6.03. The topological polar surface area (TPSA) is 76.7 Å². The number of phenols is 1. The Kier molecular flexibility index (Phi) is 3.93. The highest BCUT2D eigenvalue weighted by Crippen LogP contribution is 2.25. The van der Waals surface area contributed by atoms with E-state index in [2.05, 4.69) is 0 Å². The lowest BCUT2D eigenvalue weighted by Crippen LogP contribution is -2.14. The molecule has 0 saturated carbocycles. The quantitative estimate of drug-likeness (QED) is 0.578. The van der Waals surface area contributed by atoms with Crippen molar-refractivity contribution in [1.29, 1.82) is 0 Å². The van der Waals surface area contributed by atoms with Gasteiger partial charge in [-0.15, -0.1) is 11.3 Å². The third-order valence-corrected chi connectivity index (χ3v) is 4.05. The number of hydrogen-bond acceptors (Lipinski definition) is 6. The van der Waals surface area contributed by atoms with E-state index in [0.29, 0.717) is 16.0 Å². The fourth-order valence-electron chi connectivity index (χ4n) is 2.07. The number of aromatic hydroxyl groups is 1. The molecule has 1 aromatic carbocycles. The Balaban J connectivity index is 1.62. The molecule has 22 heavy (non-hydrogen) atoms. The first-order valence-corrected chi connectivity index (χ1v) is 7.43. The average Bonchev–Trinajstić information content (AvgIpc) is 3.15. The molecule has 0 radical (unpaired) electrons. The number of thiophene rings is 1. The van der Waals surface area contributed by atoms with Crippen LogP contribution in [0.5, 0.6) is 5.75 Å². The Hall–Kier alpha value is -2.60. The van der Waals surface area contributed by atoms with Crippen molar-refractivity contribution in [1.82, 2.24) is 0 Å². The van der Waals surface area contributed by atoms with Gasteiger partial charge >= 0.3 is 5.97 Å². The van der Waals surface area contributed by atoms with E-state index in [1.54, 1.807) is 23.6 Å². The fraction of sp³-hybridized carbons (Fsp3) is 0.125. The first-order chi connectivity index (χ1) is 10.6. The molecule has 0 saturated heterocycles. The van der Waals surface area contributed by atoms with Crippen LogP contribution in [0.25, 0.3) is 11.0 Å². The molecule has 0 amide bonds. The van der Waals surface area contributed by atoms with Crippen LogP contribution in [0.1, 0.15) is 15.2 Å². The first-order valence-electron chi connectivity index (χ1n) is 6.55. The standard InChI is InChI=1S/C16H12O5S/c17-11-3-4-12-10(8-20-14(12)7-11)6-16(19)21-9-13(18)15-2-1-5-22-15/h1-5,7-8,17H,6,9H2. The van der Waals surface area contributed by atoms with Crippen LogP contribution in [0.15, 0.2) is 46.4 Å². The van der Waals surface area contributed by atoms with Crippen LogP contribution in [-0.4, -0.2) is 23.5 Å². The van der Waals surface area contributed by atoms with E-state index in [-0.39, 0.29) is 24.6 Å². The molecule has 6 heteroatoms. The van der Waals surface area contributed by atoms with Gasteiger partial charge in [0.1, 0.15) is 11.3 Å². The Morgan fingerprint density at radius 2 is 2.14 bits per heavy atom. The summed E-state index contributed by atoms with van der Waals surface area (Å²) >= 11 is 1.31. The molecule has 0 unspecified atom stereocenters. The molecule has 3 aromatic rings. The number of benzene rings is 1. The van der Waals surface area contributed by atoms with E-state index in [1.165, 1.54) is 29.7 Å². The van der Waals surface area contributed by atoms with Crippen molar-refractivity contribution in [3.63, 3.8) is 0 Å². The van der Waals surface area contributed by atoms with E-state index in [4.69, 9.17) is 9.15 Å². The third kappa shape index (κ3) is 3.01. The van der Waals surface area contributed by atoms with Gasteiger partial charge in [0, 0.05) is 17.0 Å². The number of phenolic OH excluding ortho intramolecular Hbond substituents is 1. The van der Waals surface area contributed by atoms with E-state index in [9.17, 15) is 14.7 Å². The van der Waals surface area contributed by atoms with Crippen LogP contribution in [0.2, 0.25) is 0 Å². The zero-order valence-electron chi connectivity index (χ0n) is 11.4. The summed E-state index contributed by atoms with van der Waals surface area (Å²) in [5, 5.41) is 11.9. The molecule has 0 aliphatic heterocycles. The second-order valence-electron chi connectivity index (χ2n) is 4.68. The van der Waals surface area contributed by atoms with Crippen molar-refractivity contribution >= 4 is 34.1 Å². The van der Waals surface area contributed by atoms with Crippen molar-refractivity contribution in [2.75, 3.05) is 6.61 Å². The Labute approximate surface area is 129 Å². The summed E-state index contributed by atoms with van der Waals surface area (Å²) in [6, 6.07) is 8.13. The van der Waals surface area contributed by atoms with Crippen LogP contribution >= 0.6 is 11.3 Å². The van der Waals surface area contributed by atoms with Gasteiger partial charge in [-0.2, -0.15) is 0 Å². The zero-order chi connectivity index (χ0) is 15.5. The Morgan fingerprint density at radius 3 is 2.91 bits per heavy atom. The minimum atomic E-state index is -0.499. The van der Waals surface area contributed by atoms with Crippen LogP contribution in [0.4, 0.5) is 0 Å². The van der Waals surface area contributed by atoms with Gasteiger partial charge in [-0.3, -0.25) is 9.59 Å². The molecule has 2 heterocycles. The summed E-state index contributed by atoms with van der Waals surface area (Å²) in [4.78, 5) is 24.1. The molecule has 5 nitrogen and oxygen atoms in total.